The molecule has 0 radical (unpaired) electrons. The first kappa shape index (κ1) is 15.5. The molecular weight excluding hydrogens is 330 g/mol. The van der Waals surface area contributed by atoms with Crippen molar-refractivity contribution in [1.29, 1.82) is 0 Å². The summed E-state index contributed by atoms with van der Waals surface area (Å²) in [5.41, 5.74) is 8.76. The molecule has 1 aliphatic rings. The summed E-state index contributed by atoms with van der Waals surface area (Å²) in [6, 6.07) is 30.4. The van der Waals surface area contributed by atoms with Gasteiger partial charge in [0.25, 0.3) is 0 Å². The van der Waals surface area contributed by atoms with Crippen molar-refractivity contribution >= 4 is 28.8 Å². The Hall–Kier alpha value is -3.04. The summed E-state index contributed by atoms with van der Waals surface area (Å²) in [6.07, 6.45) is 0. The third-order valence-corrected chi connectivity index (χ3v) is 4.32. The van der Waals surface area contributed by atoms with Gasteiger partial charge in [-0.1, -0.05) is 91.0 Å². The predicted molar refractivity (Wildman–Crippen MR) is 104 cm³/mol. The Balaban J connectivity index is 1.99. The first-order valence-corrected chi connectivity index (χ1v) is 8.38. The lowest BCUT2D eigenvalue weighted by atomic mass is 9.91. The topological polar surface area (TPSA) is 27.6 Å². The SMILES string of the molecule is ClN1NN=C(c2ccccc2)C(c2ccccc2)=C1c1ccccc1. The lowest BCUT2D eigenvalue weighted by molar-refractivity contribution is 0.472. The van der Waals surface area contributed by atoms with Crippen LogP contribution < -0.4 is 5.53 Å². The van der Waals surface area contributed by atoms with Crippen LogP contribution in [0.4, 0.5) is 0 Å². The number of rotatable bonds is 3. The van der Waals surface area contributed by atoms with Crippen LogP contribution in [-0.4, -0.2) is 10.2 Å². The van der Waals surface area contributed by atoms with Crippen molar-refractivity contribution in [2.75, 3.05) is 0 Å². The van der Waals surface area contributed by atoms with Gasteiger partial charge in [0.1, 0.15) is 5.71 Å². The fraction of sp³-hybridized carbons (Fsp3) is 0. The Kier molecular flexibility index (Phi) is 4.23. The summed E-state index contributed by atoms with van der Waals surface area (Å²) < 4.78 is 1.45. The summed E-state index contributed by atoms with van der Waals surface area (Å²) >= 11 is 6.47. The highest BCUT2D eigenvalue weighted by Gasteiger charge is 2.26. The molecule has 25 heavy (non-hydrogen) atoms. The maximum Gasteiger partial charge on any atom is 0.102 e. The van der Waals surface area contributed by atoms with Crippen LogP contribution in [0.15, 0.2) is 96.1 Å². The number of hydrogen-bond acceptors (Lipinski definition) is 3. The van der Waals surface area contributed by atoms with Crippen LogP contribution >= 0.6 is 11.8 Å². The van der Waals surface area contributed by atoms with E-state index in [1.165, 1.54) is 4.53 Å². The van der Waals surface area contributed by atoms with Crippen LogP contribution in [0.25, 0.3) is 11.3 Å². The van der Waals surface area contributed by atoms with Crippen LogP contribution in [-0.2, 0) is 0 Å². The average molecular weight is 346 g/mol. The monoisotopic (exact) mass is 345 g/mol. The molecule has 4 rings (SSSR count). The largest absolute Gasteiger partial charge is 0.203 e. The normalized spacial score (nSPS) is 14.1. The summed E-state index contributed by atoms with van der Waals surface area (Å²) in [5, 5.41) is 4.52. The Morgan fingerprint density at radius 2 is 1.12 bits per heavy atom. The zero-order valence-corrected chi connectivity index (χ0v) is 14.2. The minimum absolute atomic E-state index is 0.863. The van der Waals surface area contributed by atoms with Gasteiger partial charge >= 0.3 is 0 Å². The molecular formula is C21H16ClN3. The Morgan fingerprint density at radius 1 is 0.640 bits per heavy atom. The van der Waals surface area contributed by atoms with Crippen LogP contribution in [0.5, 0.6) is 0 Å². The van der Waals surface area contributed by atoms with E-state index in [-0.39, 0.29) is 0 Å². The molecule has 0 bridgehead atoms. The Labute approximate surface area is 152 Å². The standard InChI is InChI=1S/C21H16ClN3/c22-25-21(18-14-8-3-9-15-18)19(16-10-4-1-5-11-16)20(23-24-25)17-12-6-2-7-13-17/h1-15,24H. The van der Waals surface area contributed by atoms with Gasteiger partial charge in [-0.15, -0.1) is 0 Å². The fourth-order valence-corrected chi connectivity index (χ4v) is 3.17. The van der Waals surface area contributed by atoms with Crippen LogP contribution in [0.3, 0.4) is 0 Å². The van der Waals surface area contributed by atoms with Gasteiger partial charge in [-0.05, 0) is 5.56 Å². The van der Waals surface area contributed by atoms with E-state index in [4.69, 9.17) is 11.8 Å². The first-order chi connectivity index (χ1) is 12.3. The van der Waals surface area contributed by atoms with Gasteiger partial charge in [0, 0.05) is 28.5 Å². The van der Waals surface area contributed by atoms with Gasteiger partial charge in [0.2, 0.25) is 0 Å². The molecule has 0 saturated carbocycles. The molecule has 0 amide bonds. The molecule has 0 spiro atoms. The summed E-state index contributed by atoms with van der Waals surface area (Å²) in [7, 11) is 0. The lowest BCUT2D eigenvalue weighted by Crippen LogP contribution is -2.32. The van der Waals surface area contributed by atoms with Crippen molar-refractivity contribution in [3.05, 3.63) is 108 Å². The molecule has 0 aromatic heterocycles. The second kappa shape index (κ2) is 6.83. The molecule has 3 aromatic rings. The first-order valence-electron chi connectivity index (χ1n) is 8.05. The fourth-order valence-electron chi connectivity index (χ4n) is 2.95. The van der Waals surface area contributed by atoms with Gasteiger partial charge in [-0.25, -0.2) is 5.53 Å². The van der Waals surface area contributed by atoms with Gasteiger partial charge in [0.15, 0.2) is 0 Å². The van der Waals surface area contributed by atoms with Crippen molar-refractivity contribution in [2.45, 2.75) is 0 Å². The van der Waals surface area contributed by atoms with Crippen LogP contribution in [0.1, 0.15) is 16.7 Å². The number of hydrazine groups is 1. The molecule has 1 N–H and O–H groups in total. The highest BCUT2D eigenvalue weighted by molar-refractivity contribution is 6.39. The summed E-state index contributed by atoms with van der Waals surface area (Å²) in [5.74, 6) is 0. The lowest BCUT2D eigenvalue weighted by Gasteiger charge is -2.28. The maximum atomic E-state index is 6.47. The molecule has 3 nitrogen and oxygen atoms in total. The van der Waals surface area contributed by atoms with Gasteiger partial charge in [-0.3, -0.25) is 0 Å². The third kappa shape index (κ3) is 3.02. The highest BCUT2D eigenvalue weighted by Crippen LogP contribution is 2.34. The number of hydrogen-bond donors (Lipinski definition) is 1. The molecule has 1 heterocycles. The van der Waals surface area contributed by atoms with Crippen molar-refractivity contribution in [1.82, 2.24) is 10.1 Å². The van der Waals surface area contributed by atoms with Gasteiger partial charge < -0.3 is 0 Å². The third-order valence-electron chi connectivity index (χ3n) is 4.08. The minimum atomic E-state index is 0.863. The van der Waals surface area contributed by atoms with E-state index < -0.39 is 0 Å². The maximum absolute atomic E-state index is 6.47. The molecule has 4 heteroatoms. The Bertz CT molecular complexity index is 919. The molecule has 0 atom stereocenters. The summed E-state index contributed by atoms with van der Waals surface area (Å²) in [6.45, 7) is 0. The number of halogens is 1. The molecule has 0 unspecified atom stereocenters. The molecule has 0 aliphatic carbocycles. The number of hydrazone groups is 1. The van der Waals surface area contributed by atoms with Crippen molar-refractivity contribution in [2.24, 2.45) is 5.10 Å². The molecule has 0 fully saturated rings. The van der Waals surface area contributed by atoms with E-state index in [0.717, 1.165) is 33.7 Å². The molecule has 0 saturated heterocycles. The van der Waals surface area contributed by atoms with E-state index in [0.29, 0.717) is 0 Å². The van der Waals surface area contributed by atoms with Crippen LogP contribution in [0.2, 0.25) is 0 Å². The number of benzene rings is 3. The minimum Gasteiger partial charge on any atom is -0.203 e. The van der Waals surface area contributed by atoms with Crippen molar-refractivity contribution < 1.29 is 0 Å². The smallest absolute Gasteiger partial charge is 0.102 e. The highest BCUT2D eigenvalue weighted by atomic mass is 35.5. The van der Waals surface area contributed by atoms with Crippen molar-refractivity contribution in [3.8, 4) is 0 Å². The quantitative estimate of drug-likeness (QED) is 0.681. The molecule has 122 valence electrons. The number of nitrogens with one attached hydrogen (secondary N) is 1. The molecule has 1 aliphatic heterocycles. The zero-order valence-electron chi connectivity index (χ0n) is 13.4. The second-order valence-corrected chi connectivity index (χ2v) is 6.00. The Morgan fingerprint density at radius 3 is 1.68 bits per heavy atom. The zero-order chi connectivity index (χ0) is 17.1. The van der Waals surface area contributed by atoms with E-state index in [9.17, 15) is 0 Å². The molecule has 3 aromatic carbocycles. The van der Waals surface area contributed by atoms with E-state index >= 15 is 0 Å². The van der Waals surface area contributed by atoms with Gasteiger partial charge in [0.05, 0.1) is 5.70 Å². The van der Waals surface area contributed by atoms with E-state index in [1.807, 2.05) is 66.7 Å². The van der Waals surface area contributed by atoms with E-state index in [1.54, 1.807) is 0 Å². The van der Waals surface area contributed by atoms with Gasteiger partial charge in [-0.2, -0.15) is 9.63 Å². The number of nitrogens with zero attached hydrogens (tertiary/aromatic N) is 2. The predicted octanol–water partition coefficient (Wildman–Crippen LogP) is 4.93. The average Bonchev–Trinajstić information content (AvgIpc) is 2.70. The number of allylic oxidation sites excluding steroid dienone is 1. The van der Waals surface area contributed by atoms with Crippen molar-refractivity contribution in [3.63, 3.8) is 0 Å². The summed E-state index contributed by atoms with van der Waals surface area (Å²) in [4.78, 5) is 0. The van der Waals surface area contributed by atoms with E-state index in [2.05, 4.69) is 34.9 Å². The second-order valence-electron chi connectivity index (χ2n) is 5.66. The van der Waals surface area contributed by atoms with Crippen LogP contribution in [0, 0.1) is 0 Å².